The van der Waals surface area contributed by atoms with Crippen LogP contribution >= 0.6 is 11.3 Å². The highest BCUT2D eigenvalue weighted by Gasteiger charge is 2.27. The lowest BCUT2D eigenvalue weighted by Gasteiger charge is -2.31. The van der Waals surface area contributed by atoms with Crippen molar-refractivity contribution in [2.75, 3.05) is 44.8 Å². The number of amides is 2. The van der Waals surface area contributed by atoms with Crippen molar-refractivity contribution >= 4 is 38.6 Å². The van der Waals surface area contributed by atoms with Gasteiger partial charge in [0.1, 0.15) is 17.6 Å². The van der Waals surface area contributed by atoms with Gasteiger partial charge < -0.3 is 20.3 Å². The number of ether oxygens (including phenoxy) is 1. The lowest BCUT2D eigenvalue weighted by molar-refractivity contribution is -0.125. The lowest BCUT2D eigenvalue weighted by atomic mass is 9.97. The van der Waals surface area contributed by atoms with Crippen LogP contribution in [0, 0.1) is 5.92 Å². The number of nitrogens with one attached hydrogen (secondary N) is 2. The van der Waals surface area contributed by atoms with Crippen LogP contribution in [0.3, 0.4) is 0 Å². The number of aromatic nitrogens is 3. The van der Waals surface area contributed by atoms with E-state index >= 15 is 0 Å². The maximum Gasteiger partial charge on any atom is 0.273 e. The van der Waals surface area contributed by atoms with Gasteiger partial charge in [0.05, 0.1) is 12.5 Å². The Labute approximate surface area is 172 Å². The Morgan fingerprint density at radius 1 is 1.38 bits per heavy atom. The molecule has 1 aliphatic heterocycles. The quantitative estimate of drug-likeness (QED) is 0.574. The van der Waals surface area contributed by atoms with Crippen LogP contribution in [0.1, 0.15) is 19.8 Å². The molecule has 0 radical (unpaired) electrons. The van der Waals surface area contributed by atoms with Gasteiger partial charge in [-0.25, -0.2) is 4.98 Å². The van der Waals surface area contributed by atoms with E-state index in [-0.39, 0.29) is 29.8 Å². The second-order valence-electron chi connectivity index (χ2n) is 6.85. The summed E-state index contributed by atoms with van der Waals surface area (Å²) in [5.41, 5.74) is 0.0732. The highest BCUT2D eigenvalue weighted by molar-refractivity contribution is 7.22. The summed E-state index contributed by atoms with van der Waals surface area (Å²) in [6, 6.07) is 0. The van der Waals surface area contributed by atoms with Crippen molar-refractivity contribution in [3.63, 3.8) is 0 Å². The molecule has 0 spiro atoms. The molecule has 0 aliphatic carbocycles. The van der Waals surface area contributed by atoms with E-state index in [0.29, 0.717) is 41.7 Å². The van der Waals surface area contributed by atoms with Crippen LogP contribution < -0.4 is 21.1 Å². The zero-order valence-corrected chi connectivity index (χ0v) is 17.5. The van der Waals surface area contributed by atoms with Gasteiger partial charge in [0, 0.05) is 33.3 Å². The Balaban J connectivity index is 1.74. The Morgan fingerprint density at radius 2 is 2.21 bits per heavy atom. The summed E-state index contributed by atoms with van der Waals surface area (Å²) in [5.74, 6) is -0.315. The third-order valence-corrected chi connectivity index (χ3v) is 5.82. The normalized spacial score (nSPS) is 16.8. The van der Waals surface area contributed by atoms with Gasteiger partial charge in [-0.1, -0.05) is 11.3 Å². The second-order valence-corrected chi connectivity index (χ2v) is 7.83. The SMILES string of the molecule is CCNC(=O)[C@@H]1CCCN(c2nc3ncn(CC(=O)NCCOC)c(=O)c3s2)C1. The van der Waals surface area contributed by atoms with Crippen molar-refractivity contribution < 1.29 is 14.3 Å². The predicted octanol–water partition coefficient (Wildman–Crippen LogP) is -0.0319. The largest absolute Gasteiger partial charge is 0.383 e. The molecule has 1 saturated heterocycles. The van der Waals surface area contributed by atoms with Gasteiger partial charge in [-0.2, -0.15) is 4.98 Å². The van der Waals surface area contributed by atoms with E-state index in [0.717, 1.165) is 19.4 Å². The number of nitrogens with zero attached hydrogens (tertiary/aromatic N) is 4. The van der Waals surface area contributed by atoms with E-state index in [1.807, 2.05) is 11.8 Å². The van der Waals surface area contributed by atoms with Gasteiger partial charge in [0.15, 0.2) is 10.8 Å². The highest BCUT2D eigenvalue weighted by atomic mass is 32.1. The molecule has 0 unspecified atom stereocenters. The summed E-state index contributed by atoms with van der Waals surface area (Å²) < 4.78 is 6.58. The van der Waals surface area contributed by atoms with E-state index in [9.17, 15) is 14.4 Å². The Kier molecular flexibility index (Phi) is 7.15. The first kappa shape index (κ1) is 21.2. The van der Waals surface area contributed by atoms with E-state index in [1.54, 1.807) is 7.11 Å². The van der Waals surface area contributed by atoms with Gasteiger partial charge in [0.25, 0.3) is 5.56 Å². The maximum atomic E-state index is 12.8. The topological polar surface area (TPSA) is 118 Å². The zero-order valence-electron chi connectivity index (χ0n) is 16.6. The molecule has 1 aliphatic rings. The van der Waals surface area contributed by atoms with Gasteiger partial charge in [-0.3, -0.25) is 19.0 Å². The van der Waals surface area contributed by atoms with Crippen molar-refractivity contribution in [2.45, 2.75) is 26.3 Å². The first-order valence-corrected chi connectivity index (χ1v) is 10.5. The van der Waals surface area contributed by atoms with E-state index in [2.05, 4.69) is 20.6 Å². The first-order chi connectivity index (χ1) is 14.0. The fourth-order valence-corrected chi connectivity index (χ4v) is 4.27. The van der Waals surface area contributed by atoms with Crippen LogP contribution in [0.15, 0.2) is 11.1 Å². The van der Waals surface area contributed by atoms with Crippen LogP contribution in [0.2, 0.25) is 0 Å². The molecule has 0 aromatic carbocycles. The molecule has 2 N–H and O–H groups in total. The van der Waals surface area contributed by atoms with Crippen molar-refractivity contribution in [1.82, 2.24) is 25.2 Å². The molecule has 3 heterocycles. The Morgan fingerprint density at radius 3 is 2.97 bits per heavy atom. The molecule has 29 heavy (non-hydrogen) atoms. The predicted molar refractivity (Wildman–Crippen MR) is 110 cm³/mol. The van der Waals surface area contributed by atoms with Crippen molar-refractivity contribution in [2.24, 2.45) is 5.92 Å². The number of carbonyl (C=O) groups is 2. The maximum absolute atomic E-state index is 12.8. The summed E-state index contributed by atoms with van der Waals surface area (Å²) in [7, 11) is 1.55. The standard InChI is InChI=1S/C18H26N6O4S/c1-3-19-16(26)12-5-4-7-23(9-12)18-22-15-14(29-18)17(27)24(11-21-15)10-13(25)20-6-8-28-2/h11-12H,3-10H2,1-2H3,(H,19,26)(H,20,25)/t12-/m1/s1. The number of carbonyl (C=O) groups excluding carboxylic acids is 2. The molecule has 158 valence electrons. The van der Waals surface area contributed by atoms with Crippen LogP contribution in [0.5, 0.6) is 0 Å². The van der Waals surface area contributed by atoms with E-state index in [4.69, 9.17) is 4.74 Å². The number of hydrogen-bond acceptors (Lipinski definition) is 8. The van der Waals surface area contributed by atoms with Gasteiger partial charge in [0.2, 0.25) is 11.8 Å². The van der Waals surface area contributed by atoms with Gasteiger partial charge in [-0.05, 0) is 19.8 Å². The van der Waals surface area contributed by atoms with Crippen molar-refractivity contribution in [3.8, 4) is 0 Å². The summed E-state index contributed by atoms with van der Waals surface area (Å²) in [6.07, 6.45) is 3.07. The third kappa shape index (κ3) is 5.10. The first-order valence-electron chi connectivity index (χ1n) is 9.67. The third-order valence-electron chi connectivity index (χ3n) is 4.73. The molecule has 0 saturated carbocycles. The van der Waals surface area contributed by atoms with Crippen LogP contribution in [-0.2, 0) is 20.9 Å². The number of anilines is 1. The van der Waals surface area contributed by atoms with Gasteiger partial charge >= 0.3 is 0 Å². The van der Waals surface area contributed by atoms with Crippen molar-refractivity contribution in [1.29, 1.82) is 0 Å². The molecule has 2 aromatic heterocycles. The number of hydrogen-bond donors (Lipinski definition) is 2. The minimum atomic E-state index is -0.294. The number of fused-ring (bicyclic) bond motifs is 1. The molecule has 3 rings (SSSR count). The lowest BCUT2D eigenvalue weighted by Crippen LogP contribution is -2.43. The summed E-state index contributed by atoms with van der Waals surface area (Å²) in [5, 5.41) is 6.23. The van der Waals surface area contributed by atoms with E-state index in [1.165, 1.54) is 22.2 Å². The fourth-order valence-electron chi connectivity index (χ4n) is 3.27. The number of rotatable bonds is 8. The highest BCUT2D eigenvalue weighted by Crippen LogP contribution is 2.29. The van der Waals surface area contributed by atoms with Crippen LogP contribution in [0.25, 0.3) is 10.3 Å². The molecule has 2 aromatic rings. The smallest absolute Gasteiger partial charge is 0.273 e. The number of piperidine rings is 1. The second kappa shape index (κ2) is 9.79. The monoisotopic (exact) mass is 422 g/mol. The molecule has 1 atom stereocenters. The Hall–Kier alpha value is -2.53. The molecule has 10 nitrogen and oxygen atoms in total. The fraction of sp³-hybridized carbons (Fsp3) is 0.611. The zero-order chi connectivity index (χ0) is 20.8. The molecular weight excluding hydrogens is 396 g/mol. The number of methoxy groups -OCH3 is 1. The summed E-state index contributed by atoms with van der Waals surface area (Å²) >= 11 is 1.26. The average Bonchev–Trinajstić information content (AvgIpc) is 3.16. The molecule has 0 bridgehead atoms. The van der Waals surface area contributed by atoms with Crippen LogP contribution in [-0.4, -0.2) is 66.2 Å². The van der Waals surface area contributed by atoms with E-state index < -0.39 is 0 Å². The summed E-state index contributed by atoms with van der Waals surface area (Å²) in [6.45, 7) is 4.55. The molecule has 2 amide bonds. The van der Waals surface area contributed by atoms with Crippen LogP contribution in [0.4, 0.5) is 5.13 Å². The summed E-state index contributed by atoms with van der Waals surface area (Å²) in [4.78, 5) is 47.7. The van der Waals surface area contributed by atoms with Crippen molar-refractivity contribution in [3.05, 3.63) is 16.7 Å². The molecule has 1 fully saturated rings. The Bertz CT molecular complexity index is 927. The number of thiazole rings is 1. The average molecular weight is 423 g/mol. The minimum absolute atomic E-state index is 0.0540. The minimum Gasteiger partial charge on any atom is -0.383 e. The molecular formula is C18H26N6O4S. The van der Waals surface area contributed by atoms with Gasteiger partial charge in [-0.15, -0.1) is 0 Å². The molecule has 11 heteroatoms.